The van der Waals surface area contributed by atoms with Crippen LogP contribution in [0, 0.1) is 0 Å². The molecule has 0 aromatic heterocycles. The topological polar surface area (TPSA) is 39.7 Å². The number of benzene rings is 2. The zero-order chi connectivity index (χ0) is 19.4. The van der Waals surface area contributed by atoms with Crippen molar-refractivity contribution in [1.29, 1.82) is 0 Å². The Morgan fingerprint density at radius 2 is 1.78 bits per heavy atom. The minimum absolute atomic E-state index is 0.145. The van der Waals surface area contributed by atoms with Gasteiger partial charge in [0.05, 0.1) is 26.4 Å². The summed E-state index contributed by atoms with van der Waals surface area (Å²) in [6.45, 7) is 10.7. The van der Waals surface area contributed by atoms with E-state index in [-0.39, 0.29) is 6.04 Å². The molecule has 1 N–H and O–H groups in total. The van der Waals surface area contributed by atoms with E-state index in [1.165, 1.54) is 22.3 Å². The van der Waals surface area contributed by atoms with E-state index >= 15 is 0 Å². The second-order valence-electron chi connectivity index (χ2n) is 7.15. The first-order chi connectivity index (χ1) is 13.1. The van der Waals surface area contributed by atoms with E-state index in [1.54, 1.807) is 7.11 Å². The molecule has 1 heterocycles. The third kappa shape index (κ3) is 4.06. The minimum Gasteiger partial charge on any atom is -0.494 e. The Morgan fingerprint density at radius 1 is 1.00 bits per heavy atom. The van der Waals surface area contributed by atoms with Crippen molar-refractivity contribution >= 4 is 0 Å². The third-order valence-corrected chi connectivity index (χ3v) is 5.08. The first kappa shape index (κ1) is 19.6. The number of hydrogen-bond donors (Lipinski definition) is 1. The van der Waals surface area contributed by atoms with Gasteiger partial charge in [0.25, 0.3) is 0 Å². The quantitative estimate of drug-likeness (QED) is 0.757. The van der Waals surface area contributed by atoms with Crippen LogP contribution in [-0.2, 0) is 6.42 Å². The fourth-order valence-electron chi connectivity index (χ4n) is 3.84. The number of hydrogen-bond acceptors (Lipinski definition) is 4. The Kier molecular flexibility index (Phi) is 6.27. The highest BCUT2D eigenvalue weighted by atomic mass is 16.5. The maximum absolute atomic E-state index is 5.83. The van der Waals surface area contributed by atoms with Gasteiger partial charge in [0, 0.05) is 6.54 Å². The Labute approximate surface area is 162 Å². The van der Waals surface area contributed by atoms with Crippen molar-refractivity contribution in [1.82, 2.24) is 5.32 Å². The first-order valence-corrected chi connectivity index (χ1v) is 9.92. The molecule has 2 aromatic rings. The van der Waals surface area contributed by atoms with Crippen molar-refractivity contribution in [2.75, 3.05) is 26.9 Å². The van der Waals surface area contributed by atoms with Gasteiger partial charge < -0.3 is 19.5 Å². The molecule has 0 saturated heterocycles. The molecule has 1 aliphatic rings. The lowest BCUT2D eigenvalue weighted by Crippen LogP contribution is -2.31. The lowest BCUT2D eigenvalue weighted by atomic mass is 9.84. The number of rotatable bonds is 7. The highest BCUT2D eigenvalue weighted by molar-refractivity contribution is 5.53. The van der Waals surface area contributed by atoms with E-state index in [2.05, 4.69) is 49.5 Å². The summed E-state index contributed by atoms with van der Waals surface area (Å²) >= 11 is 0. The molecule has 0 saturated carbocycles. The van der Waals surface area contributed by atoms with E-state index in [4.69, 9.17) is 14.2 Å². The number of methoxy groups -OCH3 is 1. The van der Waals surface area contributed by atoms with Crippen LogP contribution < -0.4 is 19.5 Å². The van der Waals surface area contributed by atoms with Crippen LogP contribution in [0.3, 0.4) is 0 Å². The molecule has 1 atom stereocenters. The summed E-state index contributed by atoms with van der Waals surface area (Å²) in [5, 5.41) is 3.71. The van der Waals surface area contributed by atoms with Gasteiger partial charge in [-0.05, 0) is 72.7 Å². The van der Waals surface area contributed by atoms with Crippen LogP contribution >= 0.6 is 0 Å². The van der Waals surface area contributed by atoms with Gasteiger partial charge in [-0.2, -0.15) is 0 Å². The van der Waals surface area contributed by atoms with Gasteiger partial charge in [-0.15, -0.1) is 0 Å². The van der Waals surface area contributed by atoms with Crippen LogP contribution in [0.2, 0.25) is 0 Å². The second kappa shape index (κ2) is 8.66. The van der Waals surface area contributed by atoms with Crippen LogP contribution in [0.5, 0.6) is 17.2 Å². The van der Waals surface area contributed by atoms with Gasteiger partial charge in [-0.3, -0.25) is 0 Å². The zero-order valence-corrected chi connectivity index (χ0v) is 17.1. The Bertz CT molecular complexity index is 785. The molecule has 146 valence electrons. The van der Waals surface area contributed by atoms with E-state index in [1.807, 2.05) is 13.8 Å². The summed E-state index contributed by atoms with van der Waals surface area (Å²) in [6, 6.07) is 10.9. The molecular weight excluding hydrogens is 338 g/mol. The van der Waals surface area contributed by atoms with Crippen molar-refractivity contribution in [2.24, 2.45) is 0 Å². The van der Waals surface area contributed by atoms with Crippen molar-refractivity contribution in [3.63, 3.8) is 0 Å². The molecule has 0 spiro atoms. The highest BCUT2D eigenvalue weighted by Crippen LogP contribution is 2.40. The van der Waals surface area contributed by atoms with Crippen LogP contribution in [0.15, 0.2) is 30.3 Å². The van der Waals surface area contributed by atoms with Crippen molar-refractivity contribution < 1.29 is 14.2 Å². The maximum atomic E-state index is 5.83. The van der Waals surface area contributed by atoms with Gasteiger partial charge in [0.15, 0.2) is 11.5 Å². The first-order valence-electron chi connectivity index (χ1n) is 9.92. The second-order valence-corrected chi connectivity index (χ2v) is 7.15. The van der Waals surface area contributed by atoms with Gasteiger partial charge >= 0.3 is 0 Å². The average Bonchev–Trinajstić information content (AvgIpc) is 2.67. The summed E-state index contributed by atoms with van der Waals surface area (Å²) < 4.78 is 17.1. The molecule has 4 nitrogen and oxygen atoms in total. The number of nitrogens with one attached hydrogen (secondary N) is 1. The molecule has 0 fully saturated rings. The van der Waals surface area contributed by atoms with E-state index < -0.39 is 0 Å². The van der Waals surface area contributed by atoms with Crippen molar-refractivity contribution in [3.8, 4) is 17.2 Å². The largest absolute Gasteiger partial charge is 0.494 e. The van der Waals surface area contributed by atoms with Crippen molar-refractivity contribution in [2.45, 2.75) is 46.1 Å². The molecule has 1 aliphatic heterocycles. The van der Waals surface area contributed by atoms with E-state index in [9.17, 15) is 0 Å². The predicted octanol–water partition coefficient (Wildman–Crippen LogP) is 4.85. The smallest absolute Gasteiger partial charge is 0.161 e. The van der Waals surface area contributed by atoms with Crippen molar-refractivity contribution in [3.05, 3.63) is 52.6 Å². The standard InChI is InChI=1S/C23H31NO3/c1-6-26-17-8-9-18(19(13-17)15(3)4)23-20-14-22(27-7-2)21(25-5)12-16(20)10-11-24-23/h8-9,12-15,23-24H,6-7,10-11H2,1-5H3. The lowest BCUT2D eigenvalue weighted by Gasteiger charge is -2.31. The average molecular weight is 370 g/mol. The molecule has 3 rings (SSSR count). The normalized spacial score (nSPS) is 16.1. The van der Waals surface area contributed by atoms with Crippen LogP contribution in [-0.4, -0.2) is 26.9 Å². The zero-order valence-electron chi connectivity index (χ0n) is 17.1. The molecular formula is C23H31NO3. The third-order valence-electron chi connectivity index (χ3n) is 5.08. The number of ether oxygens (including phenoxy) is 3. The van der Waals surface area contributed by atoms with Crippen LogP contribution in [0.4, 0.5) is 0 Å². The lowest BCUT2D eigenvalue weighted by molar-refractivity contribution is 0.309. The summed E-state index contributed by atoms with van der Waals surface area (Å²) in [5.74, 6) is 2.97. The van der Waals surface area contributed by atoms with Gasteiger partial charge in [-0.25, -0.2) is 0 Å². The summed E-state index contributed by atoms with van der Waals surface area (Å²) in [4.78, 5) is 0. The fraction of sp³-hybridized carbons (Fsp3) is 0.478. The van der Waals surface area contributed by atoms with E-state index in [0.717, 1.165) is 30.2 Å². The number of fused-ring (bicyclic) bond motifs is 1. The van der Waals surface area contributed by atoms with Gasteiger partial charge in [0.2, 0.25) is 0 Å². The maximum Gasteiger partial charge on any atom is 0.161 e. The van der Waals surface area contributed by atoms with E-state index in [0.29, 0.717) is 19.1 Å². The molecule has 27 heavy (non-hydrogen) atoms. The monoisotopic (exact) mass is 369 g/mol. The molecule has 0 aliphatic carbocycles. The SMILES string of the molecule is CCOc1ccc(C2NCCc3cc(OC)c(OCC)cc32)c(C(C)C)c1. The Morgan fingerprint density at radius 3 is 2.44 bits per heavy atom. The fourth-order valence-corrected chi connectivity index (χ4v) is 3.84. The molecule has 1 unspecified atom stereocenters. The summed E-state index contributed by atoms with van der Waals surface area (Å²) in [6.07, 6.45) is 0.989. The van der Waals surface area contributed by atoms with Crippen LogP contribution in [0.1, 0.15) is 61.9 Å². The van der Waals surface area contributed by atoms with Crippen LogP contribution in [0.25, 0.3) is 0 Å². The molecule has 0 radical (unpaired) electrons. The summed E-state index contributed by atoms with van der Waals surface area (Å²) in [5.41, 5.74) is 5.22. The minimum atomic E-state index is 0.145. The Balaban J connectivity index is 2.08. The molecule has 0 bridgehead atoms. The molecule has 4 heteroatoms. The molecule has 0 amide bonds. The molecule has 2 aromatic carbocycles. The van der Waals surface area contributed by atoms with Gasteiger partial charge in [0.1, 0.15) is 5.75 Å². The Hall–Kier alpha value is -2.20. The summed E-state index contributed by atoms with van der Waals surface area (Å²) in [7, 11) is 1.70. The predicted molar refractivity (Wildman–Crippen MR) is 109 cm³/mol. The highest BCUT2D eigenvalue weighted by Gasteiger charge is 2.26. The van der Waals surface area contributed by atoms with Gasteiger partial charge in [-0.1, -0.05) is 19.9 Å².